The summed E-state index contributed by atoms with van der Waals surface area (Å²) in [6, 6.07) is 13.1. The molecule has 4 heteroatoms. The Morgan fingerprint density at radius 3 is 2.57 bits per heavy atom. The van der Waals surface area contributed by atoms with Gasteiger partial charge in [0.05, 0.1) is 13.0 Å². The molecule has 1 atom stereocenters. The Bertz CT molecular complexity index is 592. The molecule has 4 nitrogen and oxygen atoms in total. The second-order valence-corrected chi connectivity index (χ2v) is 5.40. The lowest BCUT2D eigenvalue weighted by Crippen LogP contribution is -2.39. The number of pyridine rings is 1. The highest BCUT2D eigenvalue weighted by Crippen LogP contribution is 2.18. The van der Waals surface area contributed by atoms with Crippen LogP contribution in [0.1, 0.15) is 23.7 Å². The van der Waals surface area contributed by atoms with E-state index < -0.39 is 5.60 Å². The van der Waals surface area contributed by atoms with Crippen LogP contribution in [-0.4, -0.2) is 22.5 Å². The lowest BCUT2D eigenvalue weighted by molar-refractivity contribution is -0.121. The van der Waals surface area contributed by atoms with Crippen LogP contribution in [0.4, 0.5) is 0 Å². The first-order chi connectivity index (χ1) is 9.97. The number of aromatic nitrogens is 1. The van der Waals surface area contributed by atoms with Crippen molar-refractivity contribution in [3.8, 4) is 0 Å². The molecule has 0 saturated heterocycles. The summed E-state index contributed by atoms with van der Waals surface area (Å²) in [5.74, 6) is -0.128. The van der Waals surface area contributed by atoms with Gasteiger partial charge >= 0.3 is 0 Å². The molecule has 110 valence electrons. The molecule has 0 radical (unpaired) electrons. The fourth-order valence-corrected chi connectivity index (χ4v) is 2.02. The summed E-state index contributed by atoms with van der Waals surface area (Å²) in [4.78, 5) is 16.1. The molecule has 1 amide bonds. The van der Waals surface area contributed by atoms with Gasteiger partial charge in [-0.05, 0) is 31.0 Å². The largest absolute Gasteiger partial charge is 0.384 e. The molecule has 1 heterocycles. The van der Waals surface area contributed by atoms with Crippen LogP contribution in [0.3, 0.4) is 0 Å². The van der Waals surface area contributed by atoms with Gasteiger partial charge in [-0.15, -0.1) is 0 Å². The molecule has 1 aromatic carbocycles. The molecule has 0 spiro atoms. The van der Waals surface area contributed by atoms with E-state index >= 15 is 0 Å². The molecule has 0 fully saturated rings. The van der Waals surface area contributed by atoms with Crippen LogP contribution in [0, 0.1) is 6.92 Å². The van der Waals surface area contributed by atoms with Gasteiger partial charge in [-0.1, -0.05) is 36.4 Å². The molecule has 1 unspecified atom stereocenters. The van der Waals surface area contributed by atoms with Crippen molar-refractivity contribution in [2.75, 3.05) is 6.54 Å². The van der Waals surface area contributed by atoms with E-state index in [0.29, 0.717) is 0 Å². The molecule has 0 saturated carbocycles. The van der Waals surface area contributed by atoms with Crippen molar-refractivity contribution in [3.05, 3.63) is 65.5 Å². The van der Waals surface area contributed by atoms with Gasteiger partial charge in [-0.25, -0.2) is 0 Å². The SMILES string of the molecule is Cc1ccc(CC(=O)NCC(C)(O)c2ccccc2)cn1. The lowest BCUT2D eigenvalue weighted by atomic mass is 9.96. The number of hydrogen-bond acceptors (Lipinski definition) is 3. The Kier molecular flexibility index (Phi) is 4.70. The summed E-state index contributed by atoms with van der Waals surface area (Å²) in [5, 5.41) is 13.2. The van der Waals surface area contributed by atoms with E-state index in [1.54, 1.807) is 13.1 Å². The number of nitrogens with zero attached hydrogens (tertiary/aromatic N) is 1. The van der Waals surface area contributed by atoms with E-state index in [0.717, 1.165) is 16.8 Å². The Morgan fingerprint density at radius 2 is 1.95 bits per heavy atom. The maximum Gasteiger partial charge on any atom is 0.224 e. The normalized spacial score (nSPS) is 13.5. The molecule has 0 aliphatic rings. The Hall–Kier alpha value is -2.20. The molecule has 2 N–H and O–H groups in total. The monoisotopic (exact) mass is 284 g/mol. The number of aryl methyl sites for hydroxylation is 1. The molecule has 0 aliphatic carbocycles. The fraction of sp³-hybridized carbons (Fsp3) is 0.294. The lowest BCUT2D eigenvalue weighted by Gasteiger charge is -2.24. The third-order valence-corrected chi connectivity index (χ3v) is 3.36. The Morgan fingerprint density at radius 1 is 1.24 bits per heavy atom. The van der Waals surface area contributed by atoms with Gasteiger partial charge in [0.15, 0.2) is 0 Å². The number of hydrogen-bond donors (Lipinski definition) is 2. The topological polar surface area (TPSA) is 62.2 Å². The summed E-state index contributed by atoms with van der Waals surface area (Å²) in [6.07, 6.45) is 1.96. The van der Waals surface area contributed by atoms with E-state index in [1.165, 1.54) is 0 Å². The summed E-state index contributed by atoms with van der Waals surface area (Å²) in [5.41, 5.74) is 1.48. The highest BCUT2D eigenvalue weighted by molar-refractivity contribution is 5.78. The molecule has 1 aromatic heterocycles. The molecular weight excluding hydrogens is 264 g/mol. The zero-order valence-electron chi connectivity index (χ0n) is 12.3. The molecular formula is C17H20N2O2. The Labute approximate surface area is 124 Å². The Balaban J connectivity index is 1.90. The maximum absolute atomic E-state index is 11.9. The molecule has 0 aliphatic heterocycles. The average Bonchev–Trinajstić information content (AvgIpc) is 2.49. The number of carbonyl (C=O) groups excluding carboxylic acids is 1. The van der Waals surface area contributed by atoms with Crippen LogP contribution < -0.4 is 5.32 Å². The van der Waals surface area contributed by atoms with E-state index in [9.17, 15) is 9.90 Å². The van der Waals surface area contributed by atoms with Crippen LogP contribution in [0.25, 0.3) is 0 Å². The van der Waals surface area contributed by atoms with Gasteiger partial charge in [0.2, 0.25) is 5.91 Å². The number of aliphatic hydroxyl groups is 1. The van der Waals surface area contributed by atoms with Crippen molar-refractivity contribution < 1.29 is 9.90 Å². The van der Waals surface area contributed by atoms with Gasteiger partial charge in [-0.3, -0.25) is 9.78 Å². The highest BCUT2D eigenvalue weighted by atomic mass is 16.3. The third kappa shape index (κ3) is 4.39. The predicted molar refractivity (Wildman–Crippen MR) is 81.7 cm³/mol. The third-order valence-electron chi connectivity index (χ3n) is 3.36. The van der Waals surface area contributed by atoms with Crippen LogP contribution in [-0.2, 0) is 16.8 Å². The number of rotatable bonds is 5. The zero-order chi connectivity index (χ0) is 15.3. The standard InChI is InChI=1S/C17H20N2O2/c1-13-8-9-14(11-18-13)10-16(20)19-12-17(2,21)15-6-4-3-5-7-15/h3-9,11,21H,10,12H2,1-2H3,(H,19,20). The first kappa shape index (κ1) is 15.2. The summed E-state index contributed by atoms with van der Waals surface area (Å²) >= 11 is 0. The van der Waals surface area contributed by atoms with Crippen LogP contribution >= 0.6 is 0 Å². The van der Waals surface area contributed by atoms with Gasteiger partial charge in [0, 0.05) is 11.9 Å². The van der Waals surface area contributed by atoms with Crippen molar-refractivity contribution in [1.82, 2.24) is 10.3 Å². The van der Waals surface area contributed by atoms with Gasteiger partial charge in [0.25, 0.3) is 0 Å². The van der Waals surface area contributed by atoms with Crippen molar-refractivity contribution in [2.24, 2.45) is 0 Å². The van der Waals surface area contributed by atoms with Crippen LogP contribution in [0.5, 0.6) is 0 Å². The minimum absolute atomic E-state index is 0.128. The summed E-state index contributed by atoms with van der Waals surface area (Å²) in [7, 11) is 0. The average molecular weight is 284 g/mol. The number of amides is 1. The zero-order valence-corrected chi connectivity index (χ0v) is 12.3. The van der Waals surface area contributed by atoms with Crippen molar-refractivity contribution in [1.29, 1.82) is 0 Å². The van der Waals surface area contributed by atoms with Gasteiger partial charge in [-0.2, -0.15) is 0 Å². The second kappa shape index (κ2) is 6.50. The fourth-order valence-electron chi connectivity index (χ4n) is 2.02. The smallest absolute Gasteiger partial charge is 0.224 e. The van der Waals surface area contributed by atoms with E-state index in [2.05, 4.69) is 10.3 Å². The minimum atomic E-state index is -1.08. The van der Waals surface area contributed by atoms with Gasteiger partial charge in [0.1, 0.15) is 5.60 Å². The van der Waals surface area contributed by atoms with Crippen molar-refractivity contribution >= 4 is 5.91 Å². The van der Waals surface area contributed by atoms with Crippen molar-refractivity contribution in [3.63, 3.8) is 0 Å². The summed E-state index contributed by atoms with van der Waals surface area (Å²) < 4.78 is 0. The second-order valence-electron chi connectivity index (χ2n) is 5.40. The number of carbonyl (C=O) groups is 1. The van der Waals surface area contributed by atoms with Crippen molar-refractivity contribution in [2.45, 2.75) is 25.9 Å². The first-order valence-electron chi connectivity index (χ1n) is 6.93. The molecule has 0 bridgehead atoms. The van der Waals surface area contributed by atoms with E-state index in [-0.39, 0.29) is 18.9 Å². The molecule has 21 heavy (non-hydrogen) atoms. The van der Waals surface area contributed by atoms with Crippen LogP contribution in [0.2, 0.25) is 0 Å². The highest BCUT2D eigenvalue weighted by Gasteiger charge is 2.23. The summed E-state index contributed by atoms with van der Waals surface area (Å²) in [6.45, 7) is 3.77. The predicted octanol–water partition coefficient (Wildman–Crippen LogP) is 1.96. The van der Waals surface area contributed by atoms with Crippen LogP contribution in [0.15, 0.2) is 48.7 Å². The number of benzene rings is 1. The quantitative estimate of drug-likeness (QED) is 0.882. The minimum Gasteiger partial charge on any atom is -0.384 e. The molecule has 2 aromatic rings. The maximum atomic E-state index is 11.9. The molecule has 2 rings (SSSR count). The van der Waals surface area contributed by atoms with E-state index in [1.807, 2.05) is 49.4 Å². The first-order valence-corrected chi connectivity index (χ1v) is 6.93. The number of nitrogens with one attached hydrogen (secondary N) is 1. The van der Waals surface area contributed by atoms with E-state index in [4.69, 9.17) is 0 Å². The van der Waals surface area contributed by atoms with Gasteiger partial charge < -0.3 is 10.4 Å².